The van der Waals surface area contributed by atoms with Gasteiger partial charge in [-0.05, 0) is 30.4 Å². The number of hydrogen-bond acceptors (Lipinski definition) is 4. The van der Waals surface area contributed by atoms with Gasteiger partial charge in [0.05, 0.1) is 25.7 Å². The molecule has 1 N–H and O–H groups in total. The molecule has 0 aromatic heterocycles. The molecule has 4 nitrogen and oxygen atoms in total. The van der Waals surface area contributed by atoms with Crippen LogP contribution in [0, 0.1) is 5.92 Å². The molecule has 0 bridgehead atoms. The molecule has 0 spiro atoms. The van der Waals surface area contributed by atoms with E-state index in [1.54, 1.807) is 0 Å². The maximum atomic E-state index is 11.9. The van der Waals surface area contributed by atoms with Crippen LogP contribution in [0.4, 0.5) is 0 Å². The normalized spacial score (nSPS) is 12.4. The maximum Gasteiger partial charge on any atom is 0.313 e. The third-order valence-corrected chi connectivity index (χ3v) is 3.18. The molecule has 0 aliphatic carbocycles. The van der Waals surface area contributed by atoms with Crippen molar-refractivity contribution in [2.24, 2.45) is 5.92 Å². The lowest BCUT2D eigenvalue weighted by atomic mass is 9.97. The Morgan fingerprint density at radius 2 is 1.76 bits per heavy atom. The van der Waals surface area contributed by atoms with Gasteiger partial charge >= 0.3 is 5.97 Å². The second-order valence-electron chi connectivity index (χ2n) is 5.56. The average Bonchev–Trinajstić information content (AvgIpc) is 2.46. The van der Waals surface area contributed by atoms with Gasteiger partial charge in [0.15, 0.2) is 0 Å². The largest absolute Gasteiger partial charge is 0.463 e. The summed E-state index contributed by atoms with van der Waals surface area (Å²) in [6.07, 6.45) is 1.04. The first kappa shape index (κ1) is 17.7. The number of hydrogen-bond donors (Lipinski definition) is 1. The van der Waals surface area contributed by atoms with Crippen molar-refractivity contribution in [2.75, 3.05) is 26.4 Å². The average molecular weight is 294 g/mol. The lowest BCUT2D eigenvalue weighted by molar-refractivity contribution is -0.146. The van der Waals surface area contributed by atoms with Crippen LogP contribution in [-0.2, 0) is 20.7 Å². The number of carbonyl (C=O) groups excluding carboxylic acids is 1. The fraction of sp³-hybridized carbons (Fsp3) is 0.588. The topological polar surface area (TPSA) is 55.8 Å². The fourth-order valence-electron chi connectivity index (χ4n) is 2.04. The first-order chi connectivity index (χ1) is 10.0. The molecule has 0 aliphatic rings. The molecule has 1 aromatic carbocycles. The third-order valence-electron chi connectivity index (χ3n) is 3.18. The molecule has 0 aliphatic heterocycles. The zero-order chi connectivity index (χ0) is 15.7. The highest BCUT2D eigenvalue weighted by Gasteiger charge is 2.16. The molecule has 118 valence electrons. The van der Waals surface area contributed by atoms with Gasteiger partial charge in [0.25, 0.3) is 0 Å². The second-order valence-corrected chi connectivity index (χ2v) is 5.56. The Morgan fingerprint density at radius 3 is 2.33 bits per heavy atom. The molecule has 0 saturated heterocycles. The van der Waals surface area contributed by atoms with Crippen LogP contribution in [0.5, 0.6) is 0 Å². The van der Waals surface area contributed by atoms with Gasteiger partial charge in [-0.25, -0.2) is 0 Å². The van der Waals surface area contributed by atoms with Crippen molar-refractivity contribution in [3.8, 4) is 0 Å². The molecular weight excluding hydrogens is 268 g/mol. The van der Waals surface area contributed by atoms with Gasteiger partial charge in [0.1, 0.15) is 6.61 Å². The van der Waals surface area contributed by atoms with Crippen LogP contribution >= 0.6 is 0 Å². The molecule has 1 rings (SSSR count). The van der Waals surface area contributed by atoms with Crippen molar-refractivity contribution >= 4 is 5.97 Å². The SMILES string of the molecule is CC(C)Cc1ccc([C@H](C)C(=O)OCCOCCO)cc1. The van der Waals surface area contributed by atoms with E-state index in [0.29, 0.717) is 12.5 Å². The minimum Gasteiger partial charge on any atom is -0.463 e. The predicted octanol–water partition coefficient (Wildman–Crippen LogP) is 2.54. The van der Waals surface area contributed by atoms with Crippen molar-refractivity contribution in [3.63, 3.8) is 0 Å². The lowest BCUT2D eigenvalue weighted by Gasteiger charge is -2.13. The number of ether oxygens (including phenoxy) is 2. The molecule has 0 radical (unpaired) electrons. The highest BCUT2D eigenvalue weighted by Crippen LogP contribution is 2.18. The van der Waals surface area contributed by atoms with Crippen LogP contribution in [0.3, 0.4) is 0 Å². The van der Waals surface area contributed by atoms with Crippen LogP contribution in [0.2, 0.25) is 0 Å². The molecule has 21 heavy (non-hydrogen) atoms. The third kappa shape index (κ3) is 6.74. The van der Waals surface area contributed by atoms with E-state index < -0.39 is 0 Å². The number of carbonyl (C=O) groups is 1. The Labute approximate surface area is 127 Å². The highest BCUT2D eigenvalue weighted by molar-refractivity contribution is 5.77. The molecule has 1 atom stereocenters. The van der Waals surface area contributed by atoms with E-state index >= 15 is 0 Å². The summed E-state index contributed by atoms with van der Waals surface area (Å²) in [6.45, 7) is 6.99. The second kappa shape index (κ2) is 9.53. The molecule has 0 amide bonds. The van der Waals surface area contributed by atoms with Crippen molar-refractivity contribution < 1.29 is 19.4 Å². The maximum absolute atomic E-state index is 11.9. The lowest BCUT2D eigenvalue weighted by Crippen LogP contribution is -2.17. The summed E-state index contributed by atoms with van der Waals surface area (Å²) < 4.78 is 10.2. The number of aliphatic hydroxyl groups excluding tert-OH is 1. The van der Waals surface area contributed by atoms with Gasteiger partial charge < -0.3 is 14.6 Å². The van der Waals surface area contributed by atoms with E-state index in [4.69, 9.17) is 14.6 Å². The highest BCUT2D eigenvalue weighted by atomic mass is 16.6. The Balaban J connectivity index is 2.42. The van der Waals surface area contributed by atoms with Gasteiger partial charge in [-0.15, -0.1) is 0 Å². The monoisotopic (exact) mass is 294 g/mol. The Kier molecular flexibility index (Phi) is 8.01. The van der Waals surface area contributed by atoms with Gasteiger partial charge in [-0.3, -0.25) is 4.79 Å². The number of aliphatic hydroxyl groups is 1. The standard InChI is InChI=1S/C17H26O4/c1-13(2)12-15-4-6-16(7-5-15)14(3)17(19)21-11-10-20-9-8-18/h4-7,13-14,18H,8-12H2,1-3H3/t14-/m0/s1. The van der Waals surface area contributed by atoms with E-state index in [1.165, 1.54) is 5.56 Å². The Bertz CT molecular complexity index is 411. The summed E-state index contributed by atoms with van der Waals surface area (Å²) in [5.41, 5.74) is 2.25. The molecule has 4 heteroatoms. The summed E-state index contributed by atoms with van der Waals surface area (Å²) in [5, 5.41) is 8.56. The molecule has 0 unspecified atom stereocenters. The molecule has 0 heterocycles. The van der Waals surface area contributed by atoms with Gasteiger partial charge in [0, 0.05) is 0 Å². The van der Waals surface area contributed by atoms with Crippen LogP contribution < -0.4 is 0 Å². The van der Waals surface area contributed by atoms with Crippen LogP contribution in [-0.4, -0.2) is 37.5 Å². The first-order valence-electron chi connectivity index (χ1n) is 7.48. The van der Waals surface area contributed by atoms with E-state index in [-0.39, 0.29) is 31.7 Å². The van der Waals surface area contributed by atoms with Crippen LogP contribution in [0.15, 0.2) is 24.3 Å². The van der Waals surface area contributed by atoms with Gasteiger partial charge in [-0.2, -0.15) is 0 Å². The first-order valence-corrected chi connectivity index (χ1v) is 7.48. The summed E-state index contributed by atoms with van der Waals surface area (Å²) in [6, 6.07) is 8.13. The molecule has 0 fully saturated rings. The number of esters is 1. The van der Waals surface area contributed by atoms with Gasteiger partial charge in [-0.1, -0.05) is 38.1 Å². The zero-order valence-electron chi connectivity index (χ0n) is 13.2. The van der Waals surface area contributed by atoms with Gasteiger partial charge in [0.2, 0.25) is 0 Å². The van der Waals surface area contributed by atoms with Crippen molar-refractivity contribution in [2.45, 2.75) is 33.1 Å². The zero-order valence-corrected chi connectivity index (χ0v) is 13.2. The van der Waals surface area contributed by atoms with E-state index in [1.807, 2.05) is 19.1 Å². The van der Waals surface area contributed by atoms with Crippen LogP contribution in [0.25, 0.3) is 0 Å². The van der Waals surface area contributed by atoms with Crippen LogP contribution in [0.1, 0.15) is 37.8 Å². The van der Waals surface area contributed by atoms with E-state index in [0.717, 1.165) is 12.0 Å². The summed E-state index contributed by atoms with van der Waals surface area (Å²) in [4.78, 5) is 11.9. The molecular formula is C17H26O4. The molecule has 0 saturated carbocycles. The number of benzene rings is 1. The quantitative estimate of drug-likeness (QED) is 0.562. The van der Waals surface area contributed by atoms with E-state index in [2.05, 4.69) is 26.0 Å². The fourth-order valence-corrected chi connectivity index (χ4v) is 2.04. The minimum absolute atomic E-state index is 0.0208. The van der Waals surface area contributed by atoms with E-state index in [9.17, 15) is 4.79 Å². The Hall–Kier alpha value is -1.39. The number of rotatable bonds is 9. The minimum atomic E-state index is -0.282. The smallest absolute Gasteiger partial charge is 0.313 e. The van der Waals surface area contributed by atoms with Crippen molar-refractivity contribution in [1.29, 1.82) is 0 Å². The predicted molar refractivity (Wildman–Crippen MR) is 82.3 cm³/mol. The van der Waals surface area contributed by atoms with Crippen molar-refractivity contribution in [1.82, 2.24) is 0 Å². The summed E-state index contributed by atoms with van der Waals surface area (Å²) in [7, 11) is 0. The summed E-state index contributed by atoms with van der Waals surface area (Å²) >= 11 is 0. The molecule has 1 aromatic rings. The summed E-state index contributed by atoms with van der Waals surface area (Å²) in [5.74, 6) is 0.0901. The van der Waals surface area contributed by atoms with Crippen molar-refractivity contribution in [3.05, 3.63) is 35.4 Å². The Morgan fingerprint density at radius 1 is 1.10 bits per heavy atom.